The van der Waals surface area contributed by atoms with Crippen LogP contribution >= 0.6 is 0 Å². The summed E-state index contributed by atoms with van der Waals surface area (Å²) in [6.45, 7) is 2.34. The van der Waals surface area contributed by atoms with E-state index in [-0.39, 0.29) is 12.1 Å². The van der Waals surface area contributed by atoms with E-state index >= 15 is 0 Å². The van der Waals surface area contributed by atoms with Crippen LogP contribution < -0.4 is 11.1 Å². The Balaban J connectivity index is 2.55. The number of nitrogens with one attached hydrogen (secondary N) is 1. The lowest BCUT2D eigenvalue weighted by atomic mass is 9.85. The Morgan fingerprint density at radius 3 is 2.79 bits per heavy atom. The molecule has 0 radical (unpaired) electrons. The summed E-state index contributed by atoms with van der Waals surface area (Å²) in [4.78, 5) is 0. The molecule has 1 aliphatic carbocycles. The Hall–Kier alpha value is -0.220. The second kappa shape index (κ2) is 5.03. The van der Waals surface area contributed by atoms with E-state index in [4.69, 9.17) is 5.73 Å². The summed E-state index contributed by atoms with van der Waals surface area (Å²) in [5.74, 6) is 0.464. The van der Waals surface area contributed by atoms with E-state index in [1.54, 1.807) is 0 Å². The molecule has 0 spiro atoms. The molecule has 0 aliphatic heterocycles. The van der Waals surface area contributed by atoms with Gasteiger partial charge in [0.05, 0.1) is 6.54 Å². The summed E-state index contributed by atoms with van der Waals surface area (Å²) >= 11 is 0. The first kappa shape index (κ1) is 11.9. The third-order valence-electron chi connectivity index (χ3n) is 3.42. The van der Waals surface area contributed by atoms with Crippen molar-refractivity contribution in [3.63, 3.8) is 0 Å². The van der Waals surface area contributed by atoms with Crippen LogP contribution in [-0.2, 0) is 0 Å². The molecule has 0 saturated heterocycles. The molecule has 3 N–H and O–H groups in total. The van der Waals surface area contributed by atoms with Crippen LogP contribution in [0.15, 0.2) is 0 Å². The molecule has 4 heteroatoms. The molecule has 0 bridgehead atoms. The van der Waals surface area contributed by atoms with Crippen LogP contribution in [0.25, 0.3) is 0 Å². The summed E-state index contributed by atoms with van der Waals surface area (Å²) < 4.78 is 24.2. The standard InChI is InChI=1S/C10H20F2N2/c1-2-8-4-3-5-10(8,7-13)14-6-9(11)12/h8-9,14H,2-7,13H2,1H3. The van der Waals surface area contributed by atoms with Crippen LogP contribution in [0.2, 0.25) is 0 Å². The minimum absolute atomic E-state index is 0.217. The van der Waals surface area contributed by atoms with Gasteiger partial charge in [-0.1, -0.05) is 19.8 Å². The van der Waals surface area contributed by atoms with E-state index in [1.165, 1.54) is 0 Å². The van der Waals surface area contributed by atoms with Gasteiger partial charge >= 0.3 is 0 Å². The molecule has 1 rings (SSSR count). The fourth-order valence-corrected chi connectivity index (χ4v) is 2.59. The first-order valence-electron chi connectivity index (χ1n) is 5.38. The van der Waals surface area contributed by atoms with Gasteiger partial charge < -0.3 is 11.1 Å². The average Bonchev–Trinajstić information content (AvgIpc) is 2.58. The number of halogens is 2. The molecule has 0 heterocycles. The second-order valence-electron chi connectivity index (χ2n) is 4.13. The van der Waals surface area contributed by atoms with Gasteiger partial charge in [0, 0.05) is 12.1 Å². The zero-order valence-corrected chi connectivity index (χ0v) is 8.73. The molecular formula is C10H20F2N2. The van der Waals surface area contributed by atoms with Crippen LogP contribution in [-0.4, -0.2) is 25.1 Å². The van der Waals surface area contributed by atoms with E-state index in [0.29, 0.717) is 12.5 Å². The molecule has 84 valence electrons. The molecule has 1 saturated carbocycles. The van der Waals surface area contributed by atoms with Crippen molar-refractivity contribution in [1.29, 1.82) is 0 Å². The molecule has 1 fully saturated rings. The maximum absolute atomic E-state index is 12.1. The largest absolute Gasteiger partial charge is 0.329 e. The zero-order valence-electron chi connectivity index (χ0n) is 8.73. The molecule has 0 aromatic heterocycles. The van der Waals surface area contributed by atoms with Gasteiger partial charge in [-0.2, -0.15) is 0 Å². The van der Waals surface area contributed by atoms with E-state index < -0.39 is 6.43 Å². The lowest BCUT2D eigenvalue weighted by molar-refractivity contribution is 0.119. The van der Waals surface area contributed by atoms with Gasteiger partial charge in [0.25, 0.3) is 6.43 Å². The first-order valence-corrected chi connectivity index (χ1v) is 5.38. The quantitative estimate of drug-likeness (QED) is 0.719. The maximum Gasteiger partial charge on any atom is 0.250 e. The Bertz CT molecular complexity index is 176. The molecule has 1 aliphatic rings. The van der Waals surface area contributed by atoms with E-state index in [1.807, 2.05) is 0 Å². The average molecular weight is 206 g/mol. The SMILES string of the molecule is CCC1CCCC1(CN)NCC(F)F. The maximum atomic E-state index is 12.1. The highest BCUT2D eigenvalue weighted by Gasteiger charge is 2.40. The van der Waals surface area contributed by atoms with Crippen LogP contribution in [0.1, 0.15) is 32.6 Å². The van der Waals surface area contributed by atoms with Gasteiger partial charge in [0.15, 0.2) is 0 Å². The Morgan fingerprint density at radius 1 is 1.57 bits per heavy atom. The van der Waals surface area contributed by atoms with Gasteiger partial charge in [-0.05, 0) is 18.8 Å². The van der Waals surface area contributed by atoms with Crippen molar-refractivity contribution in [1.82, 2.24) is 5.32 Å². The number of hydrogen-bond acceptors (Lipinski definition) is 2. The van der Waals surface area contributed by atoms with Crippen LogP contribution in [0.3, 0.4) is 0 Å². The van der Waals surface area contributed by atoms with E-state index in [0.717, 1.165) is 25.7 Å². The molecule has 2 nitrogen and oxygen atoms in total. The van der Waals surface area contributed by atoms with Crippen LogP contribution in [0.4, 0.5) is 8.78 Å². The van der Waals surface area contributed by atoms with Crippen LogP contribution in [0.5, 0.6) is 0 Å². The second-order valence-corrected chi connectivity index (χ2v) is 4.13. The predicted octanol–water partition coefficient (Wildman–Crippen LogP) is 1.75. The number of rotatable bonds is 5. The summed E-state index contributed by atoms with van der Waals surface area (Å²) in [6, 6.07) is 0. The Kier molecular flexibility index (Phi) is 4.26. The first-order chi connectivity index (χ1) is 6.64. The topological polar surface area (TPSA) is 38.0 Å². The molecule has 2 unspecified atom stereocenters. The van der Waals surface area contributed by atoms with Gasteiger partial charge in [0.1, 0.15) is 0 Å². The molecule has 2 atom stereocenters. The fourth-order valence-electron chi connectivity index (χ4n) is 2.59. The summed E-state index contributed by atoms with van der Waals surface area (Å²) in [7, 11) is 0. The van der Waals surface area contributed by atoms with Crippen molar-refractivity contribution >= 4 is 0 Å². The van der Waals surface area contributed by atoms with E-state index in [9.17, 15) is 8.78 Å². The minimum atomic E-state index is -2.28. The molecule has 0 aromatic rings. The van der Waals surface area contributed by atoms with Crippen molar-refractivity contribution in [2.75, 3.05) is 13.1 Å². The van der Waals surface area contributed by atoms with Crippen molar-refractivity contribution < 1.29 is 8.78 Å². The number of alkyl halides is 2. The monoisotopic (exact) mass is 206 g/mol. The van der Waals surface area contributed by atoms with Crippen molar-refractivity contribution in [3.05, 3.63) is 0 Å². The van der Waals surface area contributed by atoms with E-state index in [2.05, 4.69) is 12.2 Å². The number of nitrogens with two attached hydrogens (primary N) is 1. The Morgan fingerprint density at radius 2 is 2.29 bits per heavy atom. The molecule has 14 heavy (non-hydrogen) atoms. The van der Waals surface area contributed by atoms with Crippen LogP contribution in [0, 0.1) is 5.92 Å². The van der Waals surface area contributed by atoms with Crippen molar-refractivity contribution in [2.24, 2.45) is 11.7 Å². The highest BCUT2D eigenvalue weighted by atomic mass is 19.3. The minimum Gasteiger partial charge on any atom is -0.329 e. The highest BCUT2D eigenvalue weighted by molar-refractivity contribution is 4.99. The van der Waals surface area contributed by atoms with Gasteiger partial charge in [0.2, 0.25) is 0 Å². The normalized spacial score (nSPS) is 32.8. The van der Waals surface area contributed by atoms with Crippen molar-refractivity contribution in [2.45, 2.75) is 44.6 Å². The van der Waals surface area contributed by atoms with Crippen molar-refractivity contribution in [3.8, 4) is 0 Å². The molecular weight excluding hydrogens is 186 g/mol. The summed E-state index contributed by atoms with van der Waals surface area (Å²) in [6.07, 6.45) is 1.90. The predicted molar refractivity (Wildman–Crippen MR) is 53.4 cm³/mol. The lowest BCUT2D eigenvalue weighted by Crippen LogP contribution is -2.55. The highest BCUT2D eigenvalue weighted by Crippen LogP contribution is 2.37. The Labute approximate surface area is 84.2 Å². The van der Waals surface area contributed by atoms with Gasteiger partial charge in [-0.25, -0.2) is 8.78 Å². The molecule has 0 aromatic carbocycles. The smallest absolute Gasteiger partial charge is 0.250 e. The van der Waals surface area contributed by atoms with Gasteiger partial charge in [-0.15, -0.1) is 0 Å². The fraction of sp³-hybridized carbons (Fsp3) is 1.00. The lowest BCUT2D eigenvalue weighted by Gasteiger charge is -2.35. The summed E-state index contributed by atoms with van der Waals surface area (Å²) in [5.41, 5.74) is 5.50. The third-order valence-corrected chi connectivity index (χ3v) is 3.42. The molecule has 0 amide bonds. The number of hydrogen-bond donors (Lipinski definition) is 2. The summed E-state index contributed by atoms with van der Waals surface area (Å²) in [5, 5.41) is 2.97. The third kappa shape index (κ3) is 2.42. The zero-order chi connectivity index (χ0) is 10.6. The van der Waals surface area contributed by atoms with Gasteiger partial charge in [-0.3, -0.25) is 0 Å².